The number of benzene rings is 1. The van der Waals surface area contributed by atoms with E-state index in [1.807, 2.05) is 23.1 Å². The van der Waals surface area contributed by atoms with Crippen LogP contribution in [0, 0.1) is 0 Å². The van der Waals surface area contributed by atoms with Gasteiger partial charge in [-0.15, -0.1) is 0 Å². The van der Waals surface area contributed by atoms with Crippen LogP contribution in [-0.2, 0) is 11.3 Å². The maximum absolute atomic E-state index is 11.5. The van der Waals surface area contributed by atoms with E-state index in [1.54, 1.807) is 21.1 Å². The molecule has 1 aromatic carbocycles. The molecular weight excluding hydrogens is 258 g/mol. The number of likely N-dealkylation sites (tertiary alicyclic amines) is 1. The van der Waals surface area contributed by atoms with Crippen LogP contribution in [0.15, 0.2) is 18.2 Å². The van der Waals surface area contributed by atoms with Crippen molar-refractivity contribution in [1.82, 2.24) is 4.90 Å². The number of hydrogen-bond donors (Lipinski definition) is 1. The average molecular weight is 279 g/mol. The largest absolute Gasteiger partial charge is 0.493 e. The van der Waals surface area contributed by atoms with Crippen molar-refractivity contribution in [3.05, 3.63) is 23.8 Å². The van der Waals surface area contributed by atoms with E-state index < -0.39 is 11.5 Å². The summed E-state index contributed by atoms with van der Waals surface area (Å²) in [6.45, 7) is 3.20. The molecule has 0 saturated carbocycles. The topological polar surface area (TPSA) is 59.0 Å². The molecule has 0 aromatic heterocycles. The van der Waals surface area contributed by atoms with E-state index in [-0.39, 0.29) is 0 Å². The smallest absolute Gasteiger partial charge is 0.323 e. The monoisotopic (exact) mass is 279 g/mol. The summed E-state index contributed by atoms with van der Waals surface area (Å²) in [6, 6.07) is 5.70. The van der Waals surface area contributed by atoms with Gasteiger partial charge in [-0.3, -0.25) is 9.69 Å². The molecule has 1 heterocycles. The number of hydrogen-bond acceptors (Lipinski definition) is 4. The third kappa shape index (κ3) is 2.58. The van der Waals surface area contributed by atoms with Gasteiger partial charge in [-0.05, 0) is 44.0 Å². The number of carboxylic acids is 1. The lowest BCUT2D eigenvalue weighted by Crippen LogP contribution is -2.47. The molecule has 0 bridgehead atoms. The van der Waals surface area contributed by atoms with E-state index in [1.165, 1.54) is 0 Å². The first-order valence-electron chi connectivity index (χ1n) is 6.70. The first kappa shape index (κ1) is 14.7. The Labute approximate surface area is 119 Å². The molecule has 0 amide bonds. The summed E-state index contributed by atoms with van der Waals surface area (Å²) in [4.78, 5) is 13.5. The van der Waals surface area contributed by atoms with Crippen LogP contribution in [0.25, 0.3) is 0 Å². The fourth-order valence-electron chi connectivity index (χ4n) is 2.71. The molecule has 1 unspecified atom stereocenters. The van der Waals surface area contributed by atoms with Crippen molar-refractivity contribution < 1.29 is 19.4 Å². The molecule has 1 aliphatic rings. The second-order valence-corrected chi connectivity index (χ2v) is 5.29. The summed E-state index contributed by atoms with van der Waals surface area (Å²) >= 11 is 0. The molecule has 20 heavy (non-hydrogen) atoms. The van der Waals surface area contributed by atoms with Crippen molar-refractivity contribution in [2.24, 2.45) is 0 Å². The van der Waals surface area contributed by atoms with E-state index in [0.29, 0.717) is 24.5 Å². The first-order valence-corrected chi connectivity index (χ1v) is 6.70. The standard InChI is InChI=1S/C15H21NO4/c1-15(14(17)18)7-4-8-16(15)10-11-5-6-12(19-2)13(9-11)20-3/h5-6,9H,4,7-8,10H2,1-3H3,(H,17,18). The molecule has 5 nitrogen and oxygen atoms in total. The minimum Gasteiger partial charge on any atom is -0.493 e. The molecular formula is C15H21NO4. The summed E-state index contributed by atoms with van der Waals surface area (Å²) in [6.07, 6.45) is 1.60. The number of rotatable bonds is 5. The van der Waals surface area contributed by atoms with E-state index in [2.05, 4.69) is 0 Å². The van der Waals surface area contributed by atoms with Gasteiger partial charge in [-0.2, -0.15) is 0 Å². The Morgan fingerprint density at radius 3 is 2.65 bits per heavy atom. The van der Waals surface area contributed by atoms with E-state index in [9.17, 15) is 9.90 Å². The van der Waals surface area contributed by atoms with Crippen LogP contribution in [0.2, 0.25) is 0 Å². The predicted molar refractivity (Wildman–Crippen MR) is 75.2 cm³/mol. The maximum atomic E-state index is 11.5. The second kappa shape index (κ2) is 5.71. The third-order valence-corrected chi connectivity index (χ3v) is 4.07. The highest BCUT2D eigenvalue weighted by atomic mass is 16.5. The lowest BCUT2D eigenvalue weighted by Gasteiger charge is -2.31. The molecule has 0 radical (unpaired) electrons. The van der Waals surface area contributed by atoms with Crippen molar-refractivity contribution in [1.29, 1.82) is 0 Å². The highest BCUT2D eigenvalue weighted by Crippen LogP contribution is 2.33. The highest BCUT2D eigenvalue weighted by Gasteiger charge is 2.43. The van der Waals surface area contributed by atoms with Gasteiger partial charge in [-0.1, -0.05) is 6.07 Å². The van der Waals surface area contributed by atoms with Crippen LogP contribution in [0.4, 0.5) is 0 Å². The number of methoxy groups -OCH3 is 2. The molecule has 1 saturated heterocycles. The summed E-state index contributed by atoms with van der Waals surface area (Å²) in [5.41, 5.74) is 0.254. The van der Waals surface area contributed by atoms with Gasteiger partial charge < -0.3 is 14.6 Å². The van der Waals surface area contributed by atoms with Gasteiger partial charge in [0.05, 0.1) is 14.2 Å². The van der Waals surface area contributed by atoms with Crippen molar-refractivity contribution in [3.63, 3.8) is 0 Å². The van der Waals surface area contributed by atoms with Crippen LogP contribution in [0.3, 0.4) is 0 Å². The number of ether oxygens (including phenoxy) is 2. The maximum Gasteiger partial charge on any atom is 0.323 e. The van der Waals surface area contributed by atoms with Gasteiger partial charge >= 0.3 is 5.97 Å². The highest BCUT2D eigenvalue weighted by molar-refractivity contribution is 5.78. The van der Waals surface area contributed by atoms with Crippen molar-refractivity contribution in [2.45, 2.75) is 31.8 Å². The normalized spacial score (nSPS) is 22.8. The summed E-state index contributed by atoms with van der Waals surface area (Å²) in [7, 11) is 3.19. The Kier molecular flexibility index (Phi) is 4.18. The Balaban J connectivity index is 2.20. The Bertz CT molecular complexity index is 503. The Morgan fingerprint density at radius 1 is 1.35 bits per heavy atom. The summed E-state index contributed by atoms with van der Waals surface area (Å²) in [5.74, 6) is 0.593. The van der Waals surface area contributed by atoms with Crippen molar-refractivity contribution in [2.75, 3.05) is 20.8 Å². The zero-order chi connectivity index (χ0) is 14.8. The summed E-state index contributed by atoms with van der Waals surface area (Å²) < 4.78 is 10.5. The molecule has 5 heteroatoms. The fourth-order valence-corrected chi connectivity index (χ4v) is 2.71. The lowest BCUT2D eigenvalue weighted by molar-refractivity contribution is -0.148. The van der Waals surface area contributed by atoms with Gasteiger partial charge in [0.15, 0.2) is 11.5 Å². The van der Waals surface area contributed by atoms with Crippen LogP contribution in [0.1, 0.15) is 25.3 Å². The average Bonchev–Trinajstić information content (AvgIpc) is 2.81. The SMILES string of the molecule is COc1ccc(CN2CCCC2(C)C(=O)O)cc1OC. The quantitative estimate of drug-likeness (QED) is 0.895. The number of nitrogens with zero attached hydrogens (tertiary/aromatic N) is 1. The van der Waals surface area contributed by atoms with Gasteiger partial charge in [0.1, 0.15) is 5.54 Å². The van der Waals surface area contributed by atoms with E-state index in [4.69, 9.17) is 9.47 Å². The van der Waals surface area contributed by atoms with E-state index >= 15 is 0 Å². The molecule has 1 fully saturated rings. The Hall–Kier alpha value is -1.75. The fraction of sp³-hybridized carbons (Fsp3) is 0.533. The van der Waals surface area contributed by atoms with E-state index in [0.717, 1.165) is 18.5 Å². The van der Waals surface area contributed by atoms with Crippen LogP contribution >= 0.6 is 0 Å². The second-order valence-electron chi connectivity index (χ2n) is 5.29. The molecule has 110 valence electrons. The first-order chi connectivity index (χ1) is 9.51. The van der Waals surface area contributed by atoms with Crippen LogP contribution in [-0.4, -0.2) is 42.3 Å². The summed E-state index contributed by atoms with van der Waals surface area (Å²) in [5, 5.41) is 9.42. The zero-order valence-corrected chi connectivity index (χ0v) is 12.2. The molecule has 0 aliphatic carbocycles. The minimum absolute atomic E-state index is 0.600. The van der Waals surface area contributed by atoms with Crippen LogP contribution in [0.5, 0.6) is 11.5 Å². The molecule has 1 N–H and O–H groups in total. The zero-order valence-electron chi connectivity index (χ0n) is 12.2. The number of aliphatic carboxylic acids is 1. The number of carboxylic acid groups (broad SMARTS) is 1. The number of carbonyl (C=O) groups is 1. The van der Waals surface area contributed by atoms with Crippen molar-refractivity contribution >= 4 is 5.97 Å². The molecule has 1 aromatic rings. The predicted octanol–water partition coefficient (Wildman–Crippen LogP) is 2.14. The molecule has 1 aliphatic heterocycles. The lowest BCUT2D eigenvalue weighted by atomic mass is 9.99. The van der Waals surface area contributed by atoms with Gasteiger partial charge in [0.2, 0.25) is 0 Å². The molecule has 2 rings (SSSR count). The Morgan fingerprint density at radius 2 is 2.05 bits per heavy atom. The van der Waals surface area contributed by atoms with Crippen LogP contribution < -0.4 is 9.47 Å². The van der Waals surface area contributed by atoms with Crippen molar-refractivity contribution in [3.8, 4) is 11.5 Å². The van der Waals surface area contributed by atoms with Gasteiger partial charge in [0, 0.05) is 6.54 Å². The molecule has 1 atom stereocenters. The third-order valence-electron chi connectivity index (χ3n) is 4.07. The van der Waals surface area contributed by atoms with Gasteiger partial charge in [0.25, 0.3) is 0 Å². The molecule has 0 spiro atoms. The van der Waals surface area contributed by atoms with Gasteiger partial charge in [-0.25, -0.2) is 0 Å². The minimum atomic E-state index is -0.771.